The molecule has 1 atom stereocenters. The number of benzene rings is 1. The summed E-state index contributed by atoms with van der Waals surface area (Å²) in [6.45, 7) is 1.96. The first kappa shape index (κ1) is 16.9. The average Bonchev–Trinajstić information content (AvgIpc) is 2.37. The Kier molecular flexibility index (Phi) is 7.47. The lowest BCUT2D eigenvalue weighted by Gasteiger charge is -2.16. The maximum Gasteiger partial charge on any atom is 0.305 e. The number of carbonyl (C=O) groups excluding carboxylic acids is 1. The topological polar surface area (TPSA) is 66.4 Å². The van der Waals surface area contributed by atoms with Gasteiger partial charge < -0.3 is 10.4 Å². The van der Waals surface area contributed by atoms with Gasteiger partial charge in [0.05, 0.1) is 17.2 Å². The van der Waals surface area contributed by atoms with Crippen LogP contribution < -0.4 is 5.32 Å². The number of hydrogen-bond acceptors (Lipinski definition) is 3. The third-order valence-electron chi connectivity index (χ3n) is 2.62. The third-order valence-corrected chi connectivity index (χ3v) is 4.13. The monoisotopic (exact) mass is 315 g/mol. The molecule has 0 bridgehead atoms. The van der Waals surface area contributed by atoms with E-state index in [1.165, 1.54) is 11.8 Å². The van der Waals surface area contributed by atoms with E-state index in [2.05, 4.69) is 5.32 Å². The Balaban J connectivity index is 2.45. The predicted octanol–water partition coefficient (Wildman–Crippen LogP) is 3.19. The fourth-order valence-corrected chi connectivity index (χ4v) is 2.81. The fourth-order valence-electron chi connectivity index (χ4n) is 1.76. The number of aliphatic carboxylic acids is 1. The van der Waals surface area contributed by atoms with Crippen LogP contribution in [0.2, 0.25) is 5.02 Å². The summed E-state index contributed by atoms with van der Waals surface area (Å²) in [7, 11) is 0. The van der Waals surface area contributed by atoms with Crippen LogP contribution in [0.4, 0.5) is 0 Å². The second kappa shape index (κ2) is 8.87. The Hall–Kier alpha value is -1.20. The first-order valence-electron chi connectivity index (χ1n) is 6.41. The molecule has 1 unspecified atom stereocenters. The van der Waals surface area contributed by atoms with Gasteiger partial charge in [-0.1, -0.05) is 37.1 Å². The molecule has 0 saturated heterocycles. The number of nitrogens with one attached hydrogen (secondary N) is 1. The molecule has 0 heterocycles. The average molecular weight is 316 g/mol. The second-order valence-corrected chi connectivity index (χ2v) is 5.79. The summed E-state index contributed by atoms with van der Waals surface area (Å²) >= 11 is 7.34. The normalized spacial score (nSPS) is 11.9. The minimum Gasteiger partial charge on any atom is -0.481 e. The fraction of sp³-hybridized carbons (Fsp3) is 0.429. The maximum absolute atomic E-state index is 11.8. The van der Waals surface area contributed by atoms with Crippen LogP contribution >= 0.6 is 23.4 Å². The third kappa shape index (κ3) is 6.30. The van der Waals surface area contributed by atoms with Crippen molar-refractivity contribution in [3.63, 3.8) is 0 Å². The van der Waals surface area contributed by atoms with Crippen molar-refractivity contribution in [2.45, 2.75) is 37.1 Å². The first-order chi connectivity index (χ1) is 9.52. The van der Waals surface area contributed by atoms with Crippen LogP contribution in [0, 0.1) is 0 Å². The number of carboxylic acid groups (broad SMARTS) is 1. The second-order valence-electron chi connectivity index (χ2n) is 4.37. The molecule has 6 heteroatoms. The number of amides is 1. The molecular formula is C14H18ClNO3S. The molecule has 1 amide bonds. The summed E-state index contributed by atoms with van der Waals surface area (Å²) in [6, 6.07) is 7.00. The molecule has 20 heavy (non-hydrogen) atoms. The highest BCUT2D eigenvalue weighted by molar-refractivity contribution is 8.00. The van der Waals surface area contributed by atoms with Crippen molar-refractivity contribution in [1.29, 1.82) is 0 Å². The molecule has 1 aromatic carbocycles. The molecule has 110 valence electrons. The molecule has 0 radical (unpaired) electrons. The SMILES string of the molecule is CCCC(CC(=O)O)NC(=O)CSc1ccccc1Cl. The van der Waals surface area contributed by atoms with Gasteiger partial charge in [0.2, 0.25) is 5.91 Å². The quantitative estimate of drug-likeness (QED) is 0.723. The molecule has 2 N–H and O–H groups in total. The largest absolute Gasteiger partial charge is 0.481 e. The van der Waals surface area contributed by atoms with Crippen LogP contribution in [0.1, 0.15) is 26.2 Å². The molecule has 0 aliphatic rings. The van der Waals surface area contributed by atoms with Gasteiger partial charge in [-0.25, -0.2) is 0 Å². The number of rotatable bonds is 8. The molecular weight excluding hydrogens is 298 g/mol. The van der Waals surface area contributed by atoms with E-state index in [0.717, 1.165) is 11.3 Å². The highest BCUT2D eigenvalue weighted by atomic mass is 35.5. The van der Waals surface area contributed by atoms with Gasteiger partial charge in [-0.15, -0.1) is 11.8 Å². The van der Waals surface area contributed by atoms with E-state index in [4.69, 9.17) is 16.7 Å². The van der Waals surface area contributed by atoms with Crippen LogP contribution in [0.15, 0.2) is 29.2 Å². The summed E-state index contributed by atoms with van der Waals surface area (Å²) in [4.78, 5) is 23.4. The van der Waals surface area contributed by atoms with Crippen molar-refractivity contribution in [3.8, 4) is 0 Å². The van der Waals surface area contributed by atoms with Crippen LogP contribution in [-0.4, -0.2) is 28.8 Å². The molecule has 0 aromatic heterocycles. The van der Waals surface area contributed by atoms with Crippen LogP contribution in [0.5, 0.6) is 0 Å². The number of carboxylic acids is 1. The van der Waals surface area contributed by atoms with Gasteiger partial charge in [0.25, 0.3) is 0 Å². The Morgan fingerprint density at radius 1 is 1.40 bits per heavy atom. The predicted molar refractivity (Wildman–Crippen MR) is 81.3 cm³/mol. The van der Waals surface area contributed by atoms with Gasteiger partial charge in [0.1, 0.15) is 0 Å². The van der Waals surface area contributed by atoms with E-state index in [0.29, 0.717) is 11.4 Å². The van der Waals surface area contributed by atoms with Crippen molar-refractivity contribution in [2.75, 3.05) is 5.75 Å². The number of hydrogen-bond donors (Lipinski definition) is 2. The molecule has 0 aliphatic heterocycles. The Bertz CT molecular complexity index is 467. The van der Waals surface area contributed by atoms with Crippen molar-refractivity contribution >= 4 is 35.2 Å². The highest BCUT2D eigenvalue weighted by Crippen LogP contribution is 2.26. The lowest BCUT2D eigenvalue weighted by Crippen LogP contribution is -2.37. The van der Waals surface area contributed by atoms with Crippen molar-refractivity contribution in [1.82, 2.24) is 5.32 Å². The zero-order valence-electron chi connectivity index (χ0n) is 11.3. The summed E-state index contributed by atoms with van der Waals surface area (Å²) < 4.78 is 0. The Morgan fingerprint density at radius 2 is 2.10 bits per heavy atom. The summed E-state index contributed by atoms with van der Waals surface area (Å²) in [6.07, 6.45) is 1.45. The van der Waals surface area contributed by atoms with Crippen molar-refractivity contribution in [2.24, 2.45) is 0 Å². The van der Waals surface area contributed by atoms with E-state index in [1.807, 2.05) is 25.1 Å². The van der Waals surface area contributed by atoms with Gasteiger partial charge in [-0.05, 0) is 18.6 Å². The van der Waals surface area contributed by atoms with Gasteiger partial charge in [0.15, 0.2) is 0 Å². The lowest BCUT2D eigenvalue weighted by molar-refractivity contribution is -0.137. The van der Waals surface area contributed by atoms with Crippen LogP contribution in [0.25, 0.3) is 0 Å². The zero-order valence-corrected chi connectivity index (χ0v) is 12.8. The van der Waals surface area contributed by atoms with Crippen molar-refractivity contribution in [3.05, 3.63) is 29.3 Å². The van der Waals surface area contributed by atoms with E-state index in [1.54, 1.807) is 6.07 Å². The maximum atomic E-state index is 11.8. The van der Waals surface area contributed by atoms with Crippen LogP contribution in [0.3, 0.4) is 0 Å². The van der Waals surface area contributed by atoms with Gasteiger partial charge in [0, 0.05) is 10.9 Å². The van der Waals surface area contributed by atoms with E-state index < -0.39 is 5.97 Å². The molecule has 1 rings (SSSR count). The van der Waals surface area contributed by atoms with Gasteiger partial charge >= 0.3 is 5.97 Å². The summed E-state index contributed by atoms with van der Waals surface area (Å²) in [5.74, 6) is -0.846. The number of thioether (sulfide) groups is 1. The Labute approximate surface area is 127 Å². The molecule has 0 aliphatic carbocycles. The zero-order chi connectivity index (χ0) is 15.0. The minimum absolute atomic E-state index is 0.0453. The van der Waals surface area contributed by atoms with E-state index in [9.17, 15) is 9.59 Å². The molecule has 0 saturated carbocycles. The van der Waals surface area contributed by atoms with E-state index >= 15 is 0 Å². The minimum atomic E-state index is -0.900. The number of carbonyl (C=O) groups is 2. The summed E-state index contributed by atoms with van der Waals surface area (Å²) in [5.41, 5.74) is 0. The molecule has 4 nitrogen and oxygen atoms in total. The summed E-state index contributed by atoms with van der Waals surface area (Å²) in [5, 5.41) is 12.2. The standard InChI is InChI=1S/C14H18ClNO3S/c1-2-5-10(8-14(18)19)16-13(17)9-20-12-7-4-3-6-11(12)15/h3-4,6-7,10H,2,5,8-9H2,1H3,(H,16,17)(H,18,19). The highest BCUT2D eigenvalue weighted by Gasteiger charge is 2.15. The van der Waals surface area contributed by atoms with Gasteiger partial charge in [-0.3, -0.25) is 9.59 Å². The van der Waals surface area contributed by atoms with Crippen molar-refractivity contribution < 1.29 is 14.7 Å². The lowest BCUT2D eigenvalue weighted by atomic mass is 10.1. The van der Waals surface area contributed by atoms with Gasteiger partial charge in [-0.2, -0.15) is 0 Å². The molecule has 0 fully saturated rings. The van der Waals surface area contributed by atoms with E-state index in [-0.39, 0.29) is 24.1 Å². The first-order valence-corrected chi connectivity index (χ1v) is 7.77. The van der Waals surface area contributed by atoms with Crippen LogP contribution in [-0.2, 0) is 9.59 Å². The Morgan fingerprint density at radius 3 is 2.70 bits per heavy atom. The molecule has 1 aromatic rings. The molecule has 0 spiro atoms. The smallest absolute Gasteiger partial charge is 0.305 e. The number of halogens is 1.